The number of rotatable bonds is 4. The molecule has 3 rings (SSSR count). The van der Waals surface area contributed by atoms with E-state index in [1.54, 1.807) is 36.8 Å². The van der Waals surface area contributed by atoms with E-state index in [9.17, 15) is 4.79 Å². The Labute approximate surface area is 157 Å². The number of hydrogen-bond acceptors (Lipinski definition) is 4. The van der Waals surface area contributed by atoms with Crippen LogP contribution < -0.4 is 10.2 Å². The second kappa shape index (κ2) is 7.25. The maximum Gasteiger partial charge on any atom is 0.290 e. The molecule has 2 heterocycles. The Bertz CT molecular complexity index is 984. The predicted molar refractivity (Wildman–Crippen MR) is 101 cm³/mol. The van der Waals surface area contributed by atoms with Crippen LogP contribution in [0.4, 0.5) is 0 Å². The van der Waals surface area contributed by atoms with Crippen LogP contribution in [-0.2, 0) is 0 Å². The van der Waals surface area contributed by atoms with Crippen LogP contribution in [0, 0.1) is 6.92 Å². The Morgan fingerprint density at radius 3 is 2.96 bits per heavy atom. The zero-order valence-electron chi connectivity index (χ0n) is 13.5. The summed E-state index contributed by atoms with van der Waals surface area (Å²) in [6.07, 6.45) is 3.17. The van der Waals surface area contributed by atoms with E-state index in [4.69, 9.17) is 16.3 Å². The highest BCUT2D eigenvalue weighted by atomic mass is 79.9. The number of benzene rings is 1. The Hall–Kier alpha value is -2.38. The lowest BCUT2D eigenvalue weighted by Gasteiger charge is -2.05. The van der Waals surface area contributed by atoms with E-state index in [1.807, 2.05) is 18.2 Å². The number of aryl methyl sites for hydroxylation is 1. The first-order valence-electron chi connectivity index (χ1n) is 7.30. The monoisotopic (exact) mass is 420 g/mol. The number of halogens is 2. The van der Waals surface area contributed by atoms with Crippen molar-refractivity contribution in [2.75, 3.05) is 7.11 Å². The summed E-state index contributed by atoms with van der Waals surface area (Å²) in [6, 6.07) is 8.99. The van der Waals surface area contributed by atoms with E-state index < -0.39 is 0 Å². The molecule has 6 nitrogen and oxygen atoms in total. The molecule has 0 spiro atoms. The molecule has 1 aromatic carbocycles. The Morgan fingerprint density at radius 1 is 1.40 bits per heavy atom. The molecule has 0 saturated heterocycles. The molecule has 0 unspecified atom stereocenters. The summed E-state index contributed by atoms with van der Waals surface area (Å²) in [5.74, 6) is 0.274. The molecule has 3 aromatic rings. The largest absolute Gasteiger partial charge is 0.496 e. The highest BCUT2D eigenvalue weighted by Crippen LogP contribution is 2.21. The number of pyridine rings is 1. The van der Waals surface area contributed by atoms with Gasteiger partial charge >= 0.3 is 0 Å². The van der Waals surface area contributed by atoms with E-state index >= 15 is 0 Å². The van der Waals surface area contributed by atoms with Gasteiger partial charge in [-0.25, -0.2) is 10.4 Å². The van der Waals surface area contributed by atoms with Gasteiger partial charge in [0.15, 0.2) is 0 Å². The normalized spacial score (nSPS) is 11.2. The summed E-state index contributed by atoms with van der Waals surface area (Å²) in [5, 5.41) is 4.53. The van der Waals surface area contributed by atoms with Crippen molar-refractivity contribution in [3.05, 3.63) is 63.0 Å². The van der Waals surface area contributed by atoms with Crippen molar-refractivity contribution in [3.63, 3.8) is 0 Å². The fourth-order valence-corrected chi connectivity index (χ4v) is 2.97. The number of carbonyl (C=O) groups excluding carboxylic acids is 1. The van der Waals surface area contributed by atoms with Crippen molar-refractivity contribution in [2.24, 2.45) is 5.10 Å². The van der Waals surface area contributed by atoms with Gasteiger partial charge in [-0.1, -0.05) is 27.5 Å². The number of amides is 1. The molecule has 2 aromatic heterocycles. The van der Waals surface area contributed by atoms with Crippen LogP contribution in [-0.4, -0.2) is 28.6 Å². The number of fused-ring (bicyclic) bond motifs is 1. The molecular weight excluding hydrogens is 408 g/mol. The van der Waals surface area contributed by atoms with Gasteiger partial charge < -0.3 is 4.74 Å². The average Bonchev–Trinajstić information content (AvgIpc) is 2.90. The molecule has 1 N–H and O–H groups in total. The molecule has 25 heavy (non-hydrogen) atoms. The second-order valence-corrected chi connectivity index (χ2v) is 6.56. The first kappa shape index (κ1) is 17.4. The number of hydrogen-bond donors (Lipinski definition) is 1. The number of carbonyl (C=O) groups is 1. The lowest BCUT2D eigenvalue weighted by molar-refractivity contribution is 0.0948. The summed E-state index contributed by atoms with van der Waals surface area (Å²) in [7, 11) is 1.57. The third-order valence-corrected chi connectivity index (χ3v) is 4.25. The van der Waals surface area contributed by atoms with Gasteiger partial charge in [0.1, 0.15) is 17.1 Å². The number of methoxy groups -OCH3 is 1. The standard InChI is InChI=1S/C17H14BrClN4O2/c1-10-16(23-9-13(19)4-6-15(23)21-10)17(24)22-20-8-11-7-12(18)3-5-14(11)25-2/h3-9H,1-2H3,(H,22,24). The minimum Gasteiger partial charge on any atom is -0.496 e. The molecule has 0 aliphatic rings. The molecule has 0 aliphatic carbocycles. The number of imidazole rings is 1. The summed E-state index contributed by atoms with van der Waals surface area (Å²) in [5.41, 5.74) is 4.86. The van der Waals surface area contributed by atoms with E-state index in [0.29, 0.717) is 27.8 Å². The van der Waals surface area contributed by atoms with Gasteiger partial charge in [0, 0.05) is 16.2 Å². The lowest BCUT2D eigenvalue weighted by atomic mass is 10.2. The minimum absolute atomic E-state index is 0.377. The van der Waals surface area contributed by atoms with E-state index in [-0.39, 0.29) is 5.91 Å². The molecule has 128 valence electrons. The SMILES string of the molecule is COc1ccc(Br)cc1C=NNC(=O)c1c(C)nc2ccc(Cl)cn12. The lowest BCUT2D eigenvalue weighted by Crippen LogP contribution is -2.20. The fraction of sp³-hybridized carbons (Fsp3) is 0.118. The molecule has 0 bridgehead atoms. The Morgan fingerprint density at radius 2 is 2.20 bits per heavy atom. The summed E-state index contributed by atoms with van der Waals surface area (Å²) < 4.78 is 7.79. The zero-order valence-corrected chi connectivity index (χ0v) is 15.8. The average molecular weight is 422 g/mol. The minimum atomic E-state index is -0.377. The van der Waals surface area contributed by atoms with E-state index in [2.05, 4.69) is 31.4 Å². The van der Waals surface area contributed by atoms with Crippen LogP contribution in [0.15, 0.2) is 46.1 Å². The zero-order chi connectivity index (χ0) is 18.0. The third kappa shape index (κ3) is 3.67. The van der Waals surface area contributed by atoms with Crippen molar-refractivity contribution in [2.45, 2.75) is 6.92 Å². The van der Waals surface area contributed by atoms with Gasteiger partial charge in [-0.2, -0.15) is 5.10 Å². The number of hydrazone groups is 1. The number of nitrogens with zero attached hydrogens (tertiary/aromatic N) is 3. The van der Waals surface area contributed by atoms with Gasteiger partial charge in [0.05, 0.1) is 24.0 Å². The second-order valence-electron chi connectivity index (χ2n) is 5.21. The topological polar surface area (TPSA) is 68.0 Å². The van der Waals surface area contributed by atoms with E-state index in [1.165, 1.54) is 6.21 Å². The van der Waals surface area contributed by atoms with Crippen molar-refractivity contribution in [1.29, 1.82) is 0 Å². The van der Waals surface area contributed by atoms with Crippen LogP contribution in [0.1, 0.15) is 21.7 Å². The maximum atomic E-state index is 12.5. The highest BCUT2D eigenvalue weighted by molar-refractivity contribution is 9.10. The smallest absolute Gasteiger partial charge is 0.290 e. The van der Waals surface area contributed by atoms with Crippen molar-refractivity contribution < 1.29 is 9.53 Å². The van der Waals surface area contributed by atoms with Crippen molar-refractivity contribution >= 4 is 45.3 Å². The molecule has 1 amide bonds. The van der Waals surface area contributed by atoms with Gasteiger partial charge in [0.25, 0.3) is 5.91 Å². The van der Waals surface area contributed by atoms with Crippen LogP contribution in [0.2, 0.25) is 5.02 Å². The van der Waals surface area contributed by atoms with Crippen LogP contribution in [0.3, 0.4) is 0 Å². The van der Waals surface area contributed by atoms with E-state index in [0.717, 1.165) is 10.0 Å². The Kier molecular flexibility index (Phi) is 5.06. The first-order chi connectivity index (χ1) is 12.0. The molecule has 0 radical (unpaired) electrons. The highest BCUT2D eigenvalue weighted by Gasteiger charge is 2.16. The van der Waals surface area contributed by atoms with Crippen LogP contribution in [0.5, 0.6) is 5.75 Å². The van der Waals surface area contributed by atoms with Gasteiger partial charge in [-0.3, -0.25) is 9.20 Å². The molecular formula is C17H14BrClN4O2. The van der Waals surface area contributed by atoms with Gasteiger partial charge in [-0.15, -0.1) is 0 Å². The van der Waals surface area contributed by atoms with Crippen LogP contribution >= 0.6 is 27.5 Å². The predicted octanol–water partition coefficient (Wildman–Crippen LogP) is 3.83. The summed E-state index contributed by atoms with van der Waals surface area (Å²) in [6.45, 7) is 1.76. The fourth-order valence-electron chi connectivity index (χ4n) is 2.43. The third-order valence-electron chi connectivity index (χ3n) is 3.53. The number of aromatic nitrogens is 2. The quantitative estimate of drug-likeness (QED) is 0.514. The van der Waals surface area contributed by atoms with Crippen LogP contribution in [0.25, 0.3) is 5.65 Å². The Balaban J connectivity index is 1.85. The number of nitrogens with one attached hydrogen (secondary N) is 1. The van der Waals surface area contributed by atoms with Gasteiger partial charge in [-0.05, 0) is 37.3 Å². The molecule has 8 heteroatoms. The summed E-state index contributed by atoms with van der Waals surface area (Å²) in [4.78, 5) is 16.8. The molecule has 0 atom stereocenters. The van der Waals surface area contributed by atoms with Crippen molar-refractivity contribution in [1.82, 2.24) is 14.8 Å². The number of ether oxygens (including phenoxy) is 1. The first-order valence-corrected chi connectivity index (χ1v) is 8.48. The van der Waals surface area contributed by atoms with Crippen molar-refractivity contribution in [3.8, 4) is 5.75 Å². The maximum absolute atomic E-state index is 12.5. The summed E-state index contributed by atoms with van der Waals surface area (Å²) >= 11 is 9.40. The molecule has 0 aliphatic heterocycles. The molecule has 0 fully saturated rings. The molecule has 0 saturated carbocycles. The van der Waals surface area contributed by atoms with Gasteiger partial charge in [0.2, 0.25) is 0 Å².